The second-order valence-corrected chi connectivity index (χ2v) is 8.92. The highest BCUT2D eigenvalue weighted by Gasteiger charge is 2.45. The molecule has 3 heterocycles. The van der Waals surface area contributed by atoms with E-state index in [9.17, 15) is 14.4 Å². The van der Waals surface area contributed by atoms with Crippen molar-refractivity contribution in [2.45, 2.75) is 45.3 Å². The summed E-state index contributed by atoms with van der Waals surface area (Å²) in [5.74, 6) is 0.102. The predicted octanol–water partition coefficient (Wildman–Crippen LogP) is 2.95. The average molecular weight is 428 g/mol. The van der Waals surface area contributed by atoms with Crippen LogP contribution in [-0.4, -0.2) is 65.2 Å². The number of ether oxygens (including phenoxy) is 2. The summed E-state index contributed by atoms with van der Waals surface area (Å²) in [7, 11) is 1.61. The van der Waals surface area contributed by atoms with Gasteiger partial charge in [0.25, 0.3) is 0 Å². The summed E-state index contributed by atoms with van der Waals surface area (Å²) in [5.41, 5.74) is 2.19. The van der Waals surface area contributed by atoms with Crippen LogP contribution in [0.4, 0.5) is 9.59 Å². The normalized spacial score (nSPS) is 18.3. The zero-order valence-electron chi connectivity index (χ0n) is 18.3. The highest BCUT2D eigenvalue weighted by molar-refractivity contribution is 6.04. The Hall–Kier alpha value is -3.23. The molecule has 1 aromatic carbocycles. The highest BCUT2D eigenvalue weighted by atomic mass is 16.6. The summed E-state index contributed by atoms with van der Waals surface area (Å²) < 4.78 is 10.6. The molecule has 2 bridgehead atoms. The Balaban J connectivity index is 1.47. The Morgan fingerprint density at radius 2 is 2.06 bits per heavy atom. The summed E-state index contributed by atoms with van der Waals surface area (Å²) in [6, 6.07) is 5.44. The predicted molar refractivity (Wildman–Crippen MR) is 114 cm³/mol. The second kappa shape index (κ2) is 7.79. The number of imide groups is 1. The zero-order chi connectivity index (χ0) is 22.3. The molecule has 1 unspecified atom stereocenters. The number of carbonyl (C=O) groups is 3. The third-order valence-electron chi connectivity index (χ3n) is 5.52. The number of amides is 4. The van der Waals surface area contributed by atoms with Crippen LogP contribution in [0.1, 0.15) is 44.4 Å². The SMILES string of the molecule is COc1ccc2[nH]c3c(c2c1)C1CN(C3)C(=O)N(CCCNC(=O)OC(C)(C)C)C1=O. The number of rotatable bonds is 5. The monoisotopic (exact) mass is 428 g/mol. The fourth-order valence-corrected chi connectivity index (χ4v) is 4.21. The molecule has 1 fully saturated rings. The number of benzene rings is 1. The second-order valence-electron chi connectivity index (χ2n) is 8.92. The molecule has 2 aliphatic heterocycles. The molecule has 1 aromatic heterocycles. The number of urea groups is 1. The number of alkyl carbamates (subject to hydrolysis) is 1. The van der Waals surface area contributed by atoms with Crippen molar-refractivity contribution in [1.29, 1.82) is 0 Å². The molecule has 4 amide bonds. The van der Waals surface area contributed by atoms with Crippen molar-refractivity contribution in [3.63, 3.8) is 0 Å². The van der Waals surface area contributed by atoms with Crippen LogP contribution in [0.3, 0.4) is 0 Å². The van der Waals surface area contributed by atoms with Crippen LogP contribution < -0.4 is 10.1 Å². The number of fused-ring (bicyclic) bond motifs is 6. The maximum absolute atomic E-state index is 13.2. The number of nitrogens with zero attached hydrogens (tertiary/aromatic N) is 2. The fraction of sp³-hybridized carbons (Fsp3) is 0.500. The molecular weight excluding hydrogens is 400 g/mol. The summed E-state index contributed by atoms with van der Waals surface area (Å²) in [5, 5.41) is 3.62. The van der Waals surface area contributed by atoms with E-state index in [0.717, 1.165) is 27.9 Å². The van der Waals surface area contributed by atoms with Crippen molar-refractivity contribution in [1.82, 2.24) is 20.1 Å². The van der Waals surface area contributed by atoms with Gasteiger partial charge in [-0.1, -0.05) is 0 Å². The number of H-pyrrole nitrogens is 1. The smallest absolute Gasteiger partial charge is 0.407 e. The summed E-state index contributed by atoms with van der Waals surface area (Å²) in [6.07, 6.45) is -0.0620. The minimum Gasteiger partial charge on any atom is -0.497 e. The van der Waals surface area contributed by atoms with Gasteiger partial charge in [-0.25, -0.2) is 9.59 Å². The van der Waals surface area contributed by atoms with Crippen LogP contribution in [0, 0.1) is 0 Å². The van der Waals surface area contributed by atoms with Gasteiger partial charge in [0, 0.05) is 36.2 Å². The van der Waals surface area contributed by atoms with Crippen molar-refractivity contribution < 1.29 is 23.9 Å². The lowest BCUT2D eigenvalue weighted by Crippen LogP contribution is -2.57. The van der Waals surface area contributed by atoms with Gasteiger partial charge in [-0.2, -0.15) is 0 Å². The quantitative estimate of drug-likeness (QED) is 0.713. The molecule has 1 saturated heterocycles. The van der Waals surface area contributed by atoms with Crippen molar-refractivity contribution in [2.24, 2.45) is 0 Å². The first-order chi connectivity index (χ1) is 14.7. The Morgan fingerprint density at radius 1 is 1.29 bits per heavy atom. The molecule has 0 aliphatic carbocycles. The first-order valence-corrected chi connectivity index (χ1v) is 10.4. The molecule has 31 heavy (non-hydrogen) atoms. The third kappa shape index (κ3) is 4.04. The van der Waals surface area contributed by atoms with Gasteiger partial charge in [-0.3, -0.25) is 9.69 Å². The van der Waals surface area contributed by atoms with E-state index in [1.807, 2.05) is 18.2 Å². The highest BCUT2D eigenvalue weighted by Crippen LogP contribution is 2.39. The maximum atomic E-state index is 13.2. The van der Waals surface area contributed by atoms with E-state index in [4.69, 9.17) is 9.47 Å². The molecule has 1 atom stereocenters. The van der Waals surface area contributed by atoms with Crippen molar-refractivity contribution in [2.75, 3.05) is 26.7 Å². The lowest BCUT2D eigenvalue weighted by molar-refractivity contribution is -0.133. The summed E-state index contributed by atoms with van der Waals surface area (Å²) in [6.45, 7) is 6.73. The molecule has 2 N–H and O–H groups in total. The van der Waals surface area contributed by atoms with Crippen molar-refractivity contribution in [3.05, 3.63) is 29.5 Å². The number of hydrogen-bond acceptors (Lipinski definition) is 5. The van der Waals surface area contributed by atoms with Crippen LogP contribution in [0.15, 0.2) is 18.2 Å². The fourth-order valence-electron chi connectivity index (χ4n) is 4.21. The molecule has 2 aromatic rings. The van der Waals surface area contributed by atoms with Crippen LogP contribution in [0.2, 0.25) is 0 Å². The number of nitrogens with one attached hydrogen (secondary N) is 2. The van der Waals surface area contributed by atoms with E-state index >= 15 is 0 Å². The van der Waals surface area contributed by atoms with Crippen molar-refractivity contribution in [3.8, 4) is 5.75 Å². The van der Waals surface area contributed by atoms with Gasteiger partial charge < -0.3 is 24.7 Å². The lowest BCUT2D eigenvalue weighted by Gasteiger charge is -2.42. The number of hydrogen-bond donors (Lipinski definition) is 2. The van der Waals surface area contributed by atoms with E-state index in [2.05, 4.69) is 10.3 Å². The molecule has 0 radical (unpaired) electrons. The lowest BCUT2D eigenvalue weighted by atomic mass is 9.89. The van der Waals surface area contributed by atoms with Crippen molar-refractivity contribution >= 4 is 28.9 Å². The Bertz CT molecular complexity index is 1040. The molecule has 9 heteroatoms. The van der Waals surface area contributed by atoms with Gasteiger partial charge in [0.15, 0.2) is 0 Å². The van der Waals surface area contributed by atoms with Gasteiger partial charge in [0.05, 0.1) is 19.6 Å². The van der Waals surface area contributed by atoms with E-state index in [1.54, 1.807) is 32.8 Å². The molecule has 0 spiro atoms. The molecule has 2 aliphatic rings. The Morgan fingerprint density at radius 3 is 2.77 bits per heavy atom. The van der Waals surface area contributed by atoms with Gasteiger partial charge in [-0.05, 0) is 51.0 Å². The van der Waals surface area contributed by atoms with Crippen LogP contribution in [0.25, 0.3) is 10.9 Å². The van der Waals surface area contributed by atoms with Gasteiger partial charge in [0.2, 0.25) is 5.91 Å². The third-order valence-corrected chi connectivity index (χ3v) is 5.52. The van der Waals surface area contributed by atoms with E-state index in [-0.39, 0.29) is 18.5 Å². The maximum Gasteiger partial charge on any atom is 0.407 e. The number of aromatic nitrogens is 1. The molecule has 4 rings (SSSR count). The molecule has 166 valence electrons. The first-order valence-electron chi connectivity index (χ1n) is 10.4. The Labute approximate surface area is 180 Å². The summed E-state index contributed by atoms with van der Waals surface area (Å²) in [4.78, 5) is 44.2. The first kappa shape index (κ1) is 21.0. The largest absolute Gasteiger partial charge is 0.497 e. The minimum absolute atomic E-state index is 0.205. The number of aromatic amines is 1. The number of carbonyl (C=O) groups excluding carboxylic acids is 3. The molecule has 9 nitrogen and oxygen atoms in total. The van der Waals surface area contributed by atoms with E-state index in [1.165, 1.54) is 4.90 Å². The van der Waals surface area contributed by atoms with Gasteiger partial charge in [-0.15, -0.1) is 0 Å². The average Bonchev–Trinajstić information content (AvgIpc) is 3.07. The minimum atomic E-state index is -0.576. The van der Waals surface area contributed by atoms with Gasteiger partial charge in [0.1, 0.15) is 11.4 Å². The molecular formula is C22H28N4O5. The topological polar surface area (TPSA) is 104 Å². The molecule has 0 saturated carbocycles. The summed E-state index contributed by atoms with van der Waals surface area (Å²) >= 11 is 0. The van der Waals surface area contributed by atoms with Crippen LogP contribution >= 0.6 is 0 Å². The van der Waals surface area contributed by atoms with Crippen LogP contribution in [0.5, 0.6) is 5.75 Å². The van der Waals surface area contributed by atoms with E-state index < -0.39 is 17.6 Å². The van der Waals surface area contributed by atoms with Crippen LogP contribution in [-0.2, 0) is 16.1 Å². The standard InChI is InChI=1S/C22H28N4O5/c1-22(2,3)31-20(28)23-8-5-9-26-19(27)15-11-25(21(26)29)12-17-18(15)14-10-13(30-4)6-7-16(14)24-17/h6-7,10,15,24H,5,8-9,11-12H2,1-4H3,(H,23,28). The van der Waals surface area contributed by atoms with Gasteiger partial charge >= 0.3 is 12.1 Å². The zero-order valence-corrected chi connectivity index (χ0v) is 18.3. The van der Waals surface area contributed by atoms with E-state index in [0.29, 0.717) is 26.1 Å². The number of methoxy groups -OCH3 is 1. The Kier molecular flexibility index (Phi) is 5.28.